The van der Waals surface area contributed by atoms with Gasteiger partial charge in [-0.05, 0) is 64.1 Å². The van der Waals surface area contributed by atoms with Gasteiger partial charge in [-0.2, -0.15) is 0 Å². The molecule has 0 bridgehead atoms. The predicted molar refractivity (Wildman–Crippen MR) is 74.4 cm³/mol. The summed E-state index contributed by atoms with van der Waals surface area (Å²) in [6, 6.07) is 0. The average Bonchev–Trinajstić information content (AvgIpc) is 2.38. The van der Waals surface area contributed by atoms with E-state index in [1.54, 1.807) is 0 Å². The molecule has 0 spiro atoms. The molecule has 0 saturated carbocycles. The lowest BCUT2D eigenvalue weighted by atomic mass is 9.92. The Morgan fingerprint density at radius 1 is 1.06 bits per heavy atom. The van der Waals surface area contributed by atoms with Crippen molar-refractivity contribution in [3.05, 3.63) is 0 Å². The molecule has 2 aliphatic rings. The second-order valence-electron chi connectivity index (χ2n) is 6.35. The van der Waals surface area contributed by atoms with Gasteiger partial charge < -0.3 is 9.80 Å². The summed E-state index contributed by atoms with van der Waals surface area (Å²) in [5.41, 5.74) is 0. The van der Waals surface area contributed by atoms with Crippen LogP contribution in [0.3, 0.4) is 0 Å². The molecule has 2 aliphatic heterocycles. The van der Waals surface area contributed by atoms with Crippen LogP contribution in [0, 0.1) is 11.8 Å². The molecule has 3 nitrogen and oxygen atoms in total. The van der Waals surface area contributed by atoms with Gasteiger partial charge in [-0.15, -0.1) is 0 Å². The number of carbonyl (C=O) groups is 1. The quantitative estimate of drug-likeness (QED) is 0.770. The third kappa shape index (κ3) is 3.98. The van der Waals surface area contributed by atoms with E-state index >= 15 is 0 Å². The van der Waals surface area contributed by atoms with Crippen LogP contribution in [0.25, 0.3) is 0 Å². The molecule has 3 heteroatoms. The van der Waals surface area contributed by atoms with Gasteiger partial charge in [0.15, 0.2) is 0 Å². The van der Waals surface area contributed by atoms with Crippen LogP contribution in [0.5, 0.6) is 0 Å². The summed E-state index contributed by atoms with van der Waals surface area (Å²) in [4.78, 5) is 16.6. The summed E-state index contributed by atoms with van der Waals surface area (Å²) in [7, 11) is 2.19. The Morgan fingerprint density at radius 3 is 2.28 bits per heavy atom. The lowest BCUT2D eigenvalue weighted by Gasteiger charge is -2.32. The van der Waals surface area contributed by atoms with E-state index in [0.717, 1.165) is 37.8 Å². The SMILES string of the molecule is CC1CCN(C(=O)CCC2CCN(C)CC2)CC1. The Balaban J connectivity index is 1.65. The largest absolute Gasteiger partial charge is 0.343 e. The highest BCUT2D eigenvalue weighted by atomic mass is 16.2. The van der Waals surface area contributed by atoms with Crippen LogP contribution in [0.1, 0.15) is 45.4 Å². The van der Waals surface area contributed by atoms with E-state index in [0.29, 0.717) is 5.91 Å². The molecule has 0 aliphatic carbocycles. The van der Waals surface area contributed by atoms with Gasteiger partial charge in [-0.1, -0.05) is 6.92 Å². The first kappa shape index (κ1) is 13.9. The molecule has 0 aromatic heterocycles. The Bertz CT molecular complexity index is 264. The number of rotatable bonds is 3. The van der Waals surface area contributed by atoms with Crippen molar-refractivity contribution in [2.75, 3.05) is 33.2 Å². The zero-order chi connectivity index (χ0) is 13.0. The molecule has 2 rings (SSSR count). The molecule has 104 valence electrons. The monoisotopic (exact) mass is 252 g/mol. The third-order valence-electron chi connectivity index (χ3n) is 4.74. The van der Waals surface area contributed by atoms with Crippen molar-refractivity contribution in [2.24, 2.45) is 11.8 Å². The van der Waals surface area contributed by atoms with Crippen LogP contribution in [-0.4, -0.2) is 48.9 Å². The van der Waals surface area contributed by atoms with E-state index in [2.05, 4.69) is 23.8 Å². The van der Waals surface area contributed by atoms with Gasteiger partial charge in [0.2, 0.25) is 5.91 Å². The number of amides is 1. The summed E-state index contributed by atoms with van der Waals surface area (Å²) in [6.07, 6.45) is 6.84. The first-order valence-electron chi connectivity index (χ1n) is 7.61. The molecular weight excluding hydrogens is 224 g/mol. The fraction of sp³-hybridized carbons (Fsp3) is 0.933. The number of nitrogens with zero attached hydrogens (tertiary/aromatic N) is 2. The zero-order valence-electron chi connectivity index (χ0n) is 12.0. The molecule has 0 unspecified atom stereocenters. The fourth-order valence-corrected chi connectivity index (χ4v) is 3.09. The van der Waals surface area contributed by atoms with Gasteiger partial charge in [0.05, 0.1) is 0 Å². The zero-order valence-corrected chi connectivity index (χ0v) is 12.0. The Hall–Kier alpha value is -0.570. The van der Waals surface area contributed by atoms with Crippen LogP contribution in [-0.2, 0) is 4.79 Å². The minimum absolute atomic E-state index is 0.404. The van der Waals surface area contributed by atoms with Gasteiger partial charge in [-0.25, -0.2) is 0 Å². The standard InChI is InChI=1S/C15H28N2O/c1-13-5-11-17(12-6-13)15(18)4-3-14-7-9-16(2)10-8-14/h13-14H,3-12H2,1-2H3. The molecule has 2 saturated heterocycles. The summed E-state index contributed by atoms with van der Waals surface area (Å²) in [5.74, 6) is 2.00. The summed E-state index contributed by atoms with van der Waals surface area (Å²) in [6.45, 7) is 6.70. The topological polar surface area (TPSA) is 23.6 Å². The van der Waals surface area contributed by atoms with Crippen LogP contribution in [0.4, 0.5) is 0 Å². The van der Waals surface area contributed by atoms with Gasteiger partial charge >= 0.3 is 0 Å². The summed E-state index contributed by atoms with van der Waals surface area (Å²) < 4.78 is 0. The van der Waals surface area contributed by atoms with Crippen LogP contribution < -0.4 is 0 Å². The fourth-order valence-electron chi connectivity index (χ4n) is 3.09. The maximum absolute atomic E-state index is 12.1. The van der Waals surface area contributed by atoms with Gasteiger partial charge in [0, 0.05) is 19.5 Å². The minimum Gasteiger partial charge on any atom is -0.343 e. The molecule has 0 aromatic carbocycles. The normalized spacial score (nSPS) is 24.4. The van der Waals surface area contributed by atoms with Crippen LogP contribution in [0.2, 0.25) is 0 Å². The molecular formula is C15H28N2O. The van der Waals surface area contributed by atoms with Crippen molar-refractivity contribution < 1.29 is 4.79 Å². The average molecular weight is 252 g/mol. The Labute approximate surface area is 112 Å². The number of carbonyl (C=O) groups excluding carboxylic acids is 1. The van der Waals surface area contributed by atoms with E-state index in [9.17, 15) is 4.79 Å². The summed E-state index contributed by atoms with van der Waals surface area (Å²) >= 11 is 0. The summed E-state index contributed by atoms with van der Waals surface area (Å²) in [5, 5.41) is 0. The maximum atomic E-state index is 12.1. The molecule has 0 aromatic rings. The molecule has 0 N–H and O–H groups in total. The first-order chi connectivity index (χ1) is 8.65. The molecule has 18 heavy (non-hydrogen) atoms. The predicted octanol–water partition coefficient (Wildman–Crippen LogP) is 2.37. The molecule has 0 atom stereocenters. The second kappa shape index (κ2) is 6.55. The van der Waals surface area contributed by atoms with Crippen molar-refractivity contribution in [3.8, 4) is 0 Å². The number of hydrogen-bond acceptors (Lipinski definition) is 2. The molecule has 2 fully saturated rings. The third-order valence-corrected chi connectivity index (χ3v) is 4.74. The minimum atomic E-state index is 0.404. The highest BCUT2D eigenvalue weighted by Crippen LogP contribution is 2.22. The Morgan fingerprint density at radius 2 is 1.67 bits per heavy atom. The van der Waals surface area contributed by atoms with E-state index < -0.39 is 0 Å². The maximum Gasteiger partial charge on any atom is 0.222 e. The van der Waals surface area contributed by atoms with Crippen molar-refractivity contribution in [1.82, 2.24) is 9.80 Å². The van der Waals surface area contributed by atoms with E-state index in [4.69, 9.17) is 0 Å². The van der Waals surface area contributed by atoms with Gasteiger partial charge in [0.25, 0.3) is 0 Å². The van der Waals surface area contributed by atoms with Gasteiger partial charge in [0.1, 0.15) is 0 Å². The first-order valence-corrected chi connectivity index (χ1v) is 7.61. The smallest absolute Gasteiger partial charge is 0.222 e. The molecule has 0 radical (unpaired) electrons. The van der Waals surface area contributed by atoms with Crippen molar-refractivity contribution in [3.63, 3.8) is 0 Å². The highest BCUT2D eigenvalue weighted by molar-refractivity contribution is 5.76. The molecule has 1 amide bonds. The van der Waals surface area contributed by atoms with E-state index in [-0.39, 0.29) is 0 Å². The van der Waals surface area contributed by atoms with Crippen molar-refractivity contribution in [2.45, 2.75) is 45.4 Å². The number of piperidine rings is 2. The molecule has 2 heterocycles. The van der Waals surface area contributed by atoms with E-state index in [1.807, 2.05) is 0 Å². The van der Waals surface area contributed by atoms with Crippen molar-refractivity contribution in [1.29, 1.82) is 0 Å². The second-order valence-corrected chi connectivity index (χ2v) is 6.35. The van der Waals surface area contributed by atoms with Crippen molar-refractivity contribution >= 4 is 5.91 Å². The van der Waals surface area contributed by atoms with E-state index in [1.165, 1.54) is 38.8 Å². The lowest BCUT2D eigenvalue weighted by molar-refractivity contribution is -0.132. The van der Waals surface area contributed by atoms with Gasteiger partial charge in [-0.3, -0.25) is 4.79 Å². The lowest BCUT2D eigenvalue weighted by Crippen LogP contribution is -2.38. The Kier molecular flexibility index (Phi) is 5.04. The number of hydrogen-bond donors (Lipinski definition) is 0. The van der Waals surface area contributed by atoms with Crippen LogP contribution in [0.15, 0.2) is 0 Å². The number of likely N-dealkylation sites (tertiary alicyclic amines) is 2. The van der Waals surface area contributed by atoms with Crippen LogP contribution >= 0.6 is 0 Å². The highest BCUT2D eigenvalue weighted by Gasteiger charge is 2.22.